The number of ether oxygens (including phenoxy) is 2. The van der Waals surface area contributed by atoms with E-state index in [9.17, 15) is 4.79 Å². The van der Waals surface area contributed by atoms with Crippen molar-refractivity contribution < 1.29 is 14.3 Å². The van der Waals surface area contributed by atoms with Crippen LogP contribution in [0.4, 0.5) is 5.69 Å². The fourth-order valence-electron chi connectivity index (χ4n) is 2.09. The third kappa shape index (κ3) is 4.01. The summed E-state index contributed by atoms with van der Waals surface area (Å²) in [5.74, 6) is 1.18. The third-order valence-electron chi connectivity index (χ3n) is 3.21. The Bertz CT molecular complexity index is 686. The Morgan fingerprint density at radius 3 is 2.45 bits per heavy atom. The number of amides is 1. The van der Waals surface area contributed by atoms with Gasteiger partial charge in [0.05, 0.1) is 26.3 Å². The Balaban J connectivity index is 2.08. The van der Waals surface area contributed by atoms with Gasteiger partial charge in [0.15, 0.2) is 11.5 Å². The lowest BCUT2D eigenvalue weighted by Crippen LogP contribution is -2.14. The number of methoxy groups -OCH3 is 2. The molecule has 0 aliphatic rings. The van der Waals surface area contributed by atoms with Crippen LogP contribution in [0.5, 0.6) is 11.5 Å². The zero-order valence-electron chi connectivity index (χ0n) is 12.8. The molecule has 2 rings (SSSR count). The fourth-order valence-corrected chi connectivity index (χ4v) is 2.68. The number of carbonyl (C=O) groups excluding carboxylic acids is 1. The van der Waals surface area contributed by atoms with Gasteiger partial charge >= 0.3 is 0 Å². The number of hydrogen-bond acceptors (Lipinski definition) is 3. The second-order valence-corrected chi connectivity index (χ2v) is 5.75. The molecule has 0 aliphatic heterocycles. The lowest BCUT2D eigenvalue weighted by atomic mass is 10.1. The van der Waals surface area contributed by atoms with Crippen LogP contribution in [0.2, 0.25) is 0 Å². The van der Waals surface area contributed by atoms with E-state index in [1.54, 1.807) is 20.3 Å². The lowest BCUT2D eigenvalue weighted by Gasteiger charge is -2.11. The standard InChI is InChI=1S/C17H18BrNO3/c1-11-4-6-14(13(18)8-11)19-17(20)10-12-5-7-15(21-2)16(9-12)22-3/h4-9H,10H2,1-3H3,(H,19,20). The number of rotatable bonds is 5. The largest absolute Gasteiger partial charge is 0.493 e. The molecule has 0 saturated heterocycles. The Labute approximate surface area is 138 Å². The van der Waals surface area contributed by atoms with Gasteiger partial charge < -0.3 is 14.8 Å². The minimum Gasteiger partial charge on any atom is -0.493 e. The quantitative estimate of drug-likeness (QED) is 0.874. The van der Waals surface area contributed by atoms with Gasteiger partial charge in [-0.05, 0) is 58.2 Å². The van der Waals surface area contributed by atoms with E-state index in [2.05, 4.69) is 21.2 Å². The van der Waals surface area contributed by atoms with Crippen LogP contribution in [0, 0.1) is 6.92 Å². The van der Waals surface area contributed by atoms with Crippen molar-refractivity contribution in [3.8, 4) is 11.5 Å². The Hall–Kier alpha value is -2.01. The summed E-state index contributed by atoms with van der Waals surface area (Å²) in [7, 11) is 3.16. The molecule has 2 aromatic carbocycles. The third-order valence-corrected chi connectivity index (χ3v) is 3.87. The topological polar surface area (TPSA) is 47.6 Å². The minimum atomic E-state index is -0.0863. The number of nitrogens with one attached hydrogen (secondary N) is 1. The summed E-state index contributed by atoms with van der Waals surface area (Å²) in [4.78, 5) is 12.2. The maximum absolute atomic E-state index is 12.2. The molecule has 1 N–H and O–H groups in total. The SMILES string of the molecule is COc1ccc(CC(=O)Nc2ccc(C)cc2Br)cc1OC. The van der Waals surface area contributed by atoms with Gasteiger partial charge in [-0.1, -0.05) is 12.1 Å². The molecule has 0 atom stereocenters. The van der Waals surface area contributed by atoms with E-state index in [1.165, 1.54) is 0 Å². The zero-order chi connectivity index (χ0) is 16.1. The van der Waals surface area contributed by atoms with Gasteiger partial charge in [-0.2, -0.15) is 0 Å². The summed E-state index contributed by atoms with van der Waals surface area (Å²) in [6.07, 6.45) is 0.265. The Morgan fingerprint density at radius 1 is 1.09 bits per heavy atom. The Morgan fingerprint density at radius 2 is 1.82 bits per heavy atom. The number of anilines is 1. The molecule has 116 valence electrons. The van der Waals surface area contributed by atoms with E-state index in [4.69, 9.17) is 9.47 Å². The first-order chi connectivity index (χ1) is 10.5. The molecule has 4 nitrogen and oxygen atoms in total. The summed E-state index contributed by atoms with van der Waals surface area (Å²) in [5, 5.41) is 2.89. The van der Waals surface area contributed by atoms with Crippen molar-refractivity contribution in [3.63, 3.8) is 0 Å². The van der Waals surface area contributed by atoms with Gasteiger partial charge in [0, 0.05) is 4.47 Å². The van der Waals surface area contributed by atoms with E-state index in [0.29, 0.717) is 11.5 Å². The van der Waals surface area contributed by atoms with Crippen LogP contribution in [-0.4, -0.2) is 20.1 Å². The summed E-state index contributed by atoms with van der Waals surface area (Å²) >= 11 is 3.45. The summed E-state index contributed by atoms with van der Waals surface area (Å²) in [5.41, 5.74) is 2.75. The molecule has 2 aromatic rings. The molecule has 0 fully saturated rings. The smallest absolute Gasteiger partial charge is 0.228 e. The van der Waals surface area contributed by atoms with Crippen molar-refractivity contribution in [2.45, 2.75) is 13.3 Å². The average Bonchev–Trinajstić information content (AvgIpc) is 2.50. The highest BCUT2D eigenvalue weighted by Crippen LogP contribution is 2.28. The maximum Gasteiger partial charge on any atom is 0.228 e. The molecule has 0 saturated carbocycles. The first-order valence-corrected chi connectivity index (χ1v) is 7.59. The van der Waals surface area contributed by atoms with E-state index in [-0.39, 0.29) is 12.3 Å². The van der Waals surface area contributed by atoms with Crippen LogP contribution in [-0.2, 0) is 11.2 Å². The van der Waals surface area contributed by atoms with Crippen LogP contribution in [0.1, 0.15) is 11.1 Å². The van der Waals surface area contributed by atoms with Gasteiger partial charge in [-0.15, -0.1) is 0 Å². The van der Waals surface area contributed by atoms with Gasteiger partial charge in [0.2, 0.25) is 5.91 Å². The lowest BCUT2D eigenvalue weighted by molar-refractivity contribution is -0.115. The fraction of sp³-hybridized carbons (Fsp3) is 0.235. The second kappa shape index (κ2) is 7.31. The van der Waals surface area contributed by atoms with Gasteiger partial charge in [0.1, 0.15) is 0 Å². The molecule has 1 amide bonds. The number of benzene rings is 2. The average molecular weight is 364 g/mol. The van der Waals surface area contributed by atoms with E-state index < -0.39 is 0 Å². The van der Waals surface area contributed by atoms with E-state index in [1.807, 2.05) is 37.3 Å². The number of hydrogen-bond donors (Lipinski definition) is 1. The van der Waals surface area contributed by atoms with Gasteiger partial charge in [-0.3, -0.25) is 4.79 Å². The van der Waals surface area contributed by atoms with Crippen molar-refractivity contribution in [2.24, 2.45) is 0 Å². The number of aryl methyl sites for hydroxylation is 1. The molecule has 0 aliphatic carbocycles. The van der Waals surface area contributed by atoms with Crippen molar-refractivity contribution >= 4 is 27.5 Å². The molecule has 0 unspecified atom stereocenters. The van der Waals surface area contributed by atoms with Crippen molar-refractivity contribution in [2.75, 3.05) is 19.5 Å². The zero-order valence-corrected chi connectivity index (χ0v) is 14.4. The highest BCUT2D eigenvalue weighted by atomic mass is 79.9. The summed E-state index contributed by atoms with van der Waals surface area (Å²) in [6.45, 7) is 2.00. The maximum atomic E-state index is 12.2. The van der Waals surface area contributed by atoms with Gasteiger partial charge in [-0.25, -0.2) is 0 Å². The normalized spacial score (nSPS) is 10.2. The van der Waals surface area contributed by atoms with Crippen molar-refractivity contribution in [1.29, 1.82) is 0 Å². The van der Waals surface area contributed by atoms with Crippen molar-refractivity contribution in [3.05, 3.63) is 52.0 Å². The van der Waals surface area contributed by atoms with Gasteiger partial charge in [0.25, 0.3) is 0 Å². The molecule has 22 heavy (non-hydrogen) atoms. The molecule has 0 radical (unpaired) electrons. The molecular weight excluding hydrogens is 346 g/mol. The van der Waals surface area contributed by atoms with Crippen LogP contribution < -0.4 is 14.8 Å². The molecule has 0 bridgehead atoms. The number of halogens is 1. The van der Waals surface area contributed by atoms with Crippen LogP contribution in [0.25, 0.3) is 0 Å². The molecular formula is C17H18BrNO3. The first-order valence-electron chi connectivity index (χ1n) is 6.80. The van der Waals surface area contributed by atoms with Crippen LogP contribution in [0.15, 0.2) is 40.9 Å². The highest BCUT2D eigenvalue weighted by molar-refractivity contribution is 9.10. The van der Waals surface area contributed by atoms with Crippen molar-refractivity contribution in [1.82, 2.24) is 0 Å². The molecule has 0 spiro atoms. The summed E-state index contributed by atoms with van der Waals surface area (Å²) in [6, 6.07) is 11.3. The minimum absolute atomic E-state index is 0.0863. The first kappa shape index (κ1) is 16.4. The number of carbonyl (C=O) groups is 1. The molecule has 0 aromatic heterocycles. The highest BCUT2D eigenvalue weighted by Gasteiger charge is 2.10. The second-order valence-electron chi connectivity index (χ2n) is 4.90. The van der Waals surface area contributed by atoms with E-state index >= 15 is 0 Å². The van der Waals surface area contributed by atoms with E-state index in [0.717, 1.165) is 21.3 Å². The van der Waals surface area contributed by atoms with Crippen LogP contribution >= 0.6 is 15.9 Å². The molecule has 0 heterocycles. The monoisotopic (exact) mass is 363 g/mol. The Kier molecular flexibility index (Phi) is 5.44. The predicted molar refractivity (Wildman–Crippen MR) is 90.8 cm³/mol. The van der Waals surface area contributed by atoms with Crippen LogP contribution in [0.3, 0.4) is 0 Å². The summed E-state index contributed by atoms with van der Waals surface area (Å²) < 4.78 is 11.3. The predicted octanol–water partition coefficient (Wildman–Crippen LogP) is 3.96. The molecule has 5 heteroatoms.